The van der Waals surface area contributed by atoms with Crippen LogP contribution in [0.5, 0.6) is 11.5 Å². The summed E-state index contributed by atoms with van der Waals surface area (Å²) in [6, 6.07) is 16.2. The Morgan fingerprint density at radius 3 is 2.43 bits per heavy atom. The molecule has 0 heterocycles. The average Bonchev–Trinajstić information content (AvgIpc) is 2.57. The summed E-state index contributed by atoms with van der Waals surface area (Å²) in [5.74, 6) is 1.61. The van der Waals surface area contributed by atoms with Gasteiger partial charge in [-0.1, -0.05) is 30.3 Å². The van der Waals surface area contributed by atoms with Crippen LogP contribution in [0.15, 0.2) is 42.5 Å². The molecular weight excluding hydrogens is 286 g/mol. The van der Waals surface area contributed by atoms with Crippen molar-refractivity contribution in [2.45, 2.75) is 32.6 Å². The molecule has 3 nitrogen and oxygen atoms in total. The Hall–Kier alpha value is -2.47. The molecule has 2 aromatic carbocycles. The highest BCUT2D eigenvalue weighted by Crippen LogP contribution is 2.26. The third-order valence-electron chi connectivity index (χ3n) is 3.94. The van der Waals surface area contributed by atoms with Crippen LogP contribution >= 0.6 is 0 Å². The van der Waals surface area contributed by atoms with Gasteiger partial charge in [-0.25, -0.2) is 0 Å². The summed E-state index contributed by atoms with van der Waals surface area (Å²) in [4.78, 5) is 0. The summed E-state index contributed by atoms with van der Waals surface area (Å²) in [6.07, 6.45) is 1.61. The molecule has 2 rings (SSSR count). The van der Waals surface area contributed by atoms with E-state index in [-0.39, 0.29) is 5.92 Å². The van der Waals surface area contributed by atoms with Crippen molar-refractivity contribution in [1.82, 2.24) is 0 Å². The summed E-state index contributed by atoms with van der Waals surface area (Å²) in [5, 5.41) is 9.42. The van der Waals surface area contributed by atoms with E-state index in [1.54, 1.807) is 7.11 Å². The molecule has 2 aromatic rings. The van der Waals surface area contributed by atoms with Crippen LogP contribution in [0.3, 0.4) is 0 Å². The molecule has 0 aliphatic rings. The minimum atomic E-state index is -0.133. The molecule has 0 aliphatic carbocycles. The zero-order chi connectivity index (χ0) is 16.7. The number of benzene rings is 2. The molecule has 0 saturated carbocycles. The zero-order valence-electron chi connectivity index (χ0n) is 14.0. The van der Waals surface area contributed by atoms with E-state index in [9.17, 15) is 5.26 Å². The van der Waals surface area contributed by atoms with Crippen LogP contribution in [-0.2, 0) is 0 Å². The second kappa shape index (κ2) is 8.24. The van der Waals surface area contributed by atoms with Crippen molar-refractivity contribution in [2.24, 2.45) is 0 Å². The van der Waals surface area contributed by atoms with E-state index in [4.69, 9.17) is 9.47 Å². The number of rotatable bonds is 7. The molecule has 0 N–H and O–H groups in total. The van der Waals surface area contributed by atoms with Crippen LogP contribution < -0.4 is 9.47 Å². The summed E-state index contributed by atoms with van der Waals surface area (Å²) < 4.78 is 11.1. The average molecular weight is 309 g/mol. The Bertz CT molecular complexity index is 668. The molecule has 0 spiro atoms. The Morgan fingerprint density at radius 2 is 1.78 bits per heavy atom. The van der Waals surface area contributed by atoms with Gasteiger partial charge in [-0.3, -0.25) is 0 Å². The van der Waals surface area contributed by atoms with Crippen molar-refractivity contribution in [2.75, 3.05) is 13.7 Å². The van der Waals surface area contributed by atoms with Gasteiger partial charge in [-0.15, -0.1) is 0 Å². The Balaban J connectivity index is 1.90. The number of nitriles is 1. The zero-order valence-corrected chi connectivity index (χ0v) is 14.0. The standard InChI is InChI=1S/C20H23NO2/c1-15-7-4-8-16(2)20(15)23-12-6-10-18(14-21)17-9-5-11-19(13-17)22-3/h4-5,7-9,11,13,18H,6,10,12H2,1-3H3. The minimum absolute atomic E-state index is 0.133. The lowest BCUT2D eigenvalue weighted by atomic mass is 9.96. The molecule has 0 amide bonds. The maximum atomic E-state index is 9.42. The highest BCUT2D eigenvalue weighted by Gasteiger charge is 2.11. The second-order valence-corrected chi connectivity index (χ2v) is 5.67. The fourth-order valence-electron chi connectivity index (χ4n) is 2.65. The molecule has 23 heavy (non-hydrogen) atoms. The van der Waals surface area contributed by atoms with Crippen molar-refractivity contribution in [3.05, 3.63) is 59.2 Å². The number of para-hydroxylation sites is 1. The Labute approximate surface area is 138 Å². The molecule has 1 atom stereocenters. The highest BCUT2D eigenvalue weighted by atomic mass is 16.5. The molecule has 120 valence electrons. The van der Waals surface area contributed by atoms with E-state index < -0.39 is 0 Å². The van der Waals surface area contributed by atoms with Gasteiger partial charge in [0.15, 0.2) is 0 Å². The van der Waals surface area contributed by atoms with Crippen LogP contribution in [0.2, 0.25) is 0 Å². The lowest BCUT2D eigenvalue weighted by Gasteiger charge is -2.14. The number of hydrogen-bond donors (Lipinski definition) is 0. The maximum absolute atomic E-state index is 9.42. The summed E-state index contributed by atoms with van der Waals surface area (Å²) >= 11 is 0. The van der Waals surface area contributed by atoms with Crippen LogP contribution in [0.1, 0.15) is 35.4 Å². The second-order valence-electron chi connectivity index (χ2n) is 5.67. The van der Waals surface area contributed by atoms with Gasteiger partial charge in [0.05, 0.1) is 25.7 Å². The maximum Gasteiger partial charge on any atom is 0.125 e. The molecular formula is C20H23NO2. The van der Waals surface area contributed by atoms with Crippen LogP contribution in [-0.4, -0.2) is 13.7 Å². The van der Waals surface area contributed by atoms with E-state index in [1.807, 2.05) is 30.3 Å². The Kier molecular flexibility index (Phi) is 6.05. The van der Waals surface area contributed by atoms with Crippen molar-refractivity contribution in [3.63, 3.8) is 0 Å². The van der Waals surface area contributed by atoms with Gasteiger partial charge in [0.2, 0.25) is 0 Å². The van der Waals surface area contributed by atoms with Gasteiger partial charge < -0.3 is 9.47 Å². The summed E-state index contributed by atoms with van der Waals surface area (Å²) in [6.45, 7) is 4.72. The first kappa shape index (κ1) is 16.9. The summed E-state index contributed by atoms with van der Waals surface area (Å²) in [7, 11) is 1.64. The molecule has 0 aromatic heterocycles. The van der Waals surface area contributed by atoms with Crippen LogP contribution in [0.4, 0.5) is 0 Å². The van der Waals surface area contributed by atoms with Gasteiger partial charge in [0.25, 0.3) is 0 Å². The number of ether oxygens (including phenoxy) is 2. The largest absolute Gasteiger partial charge is 0.497 e. The monoisotopic (exact) mass is 309 g/mol. The molecule has 0 radical (unpaired) electrons. The molecule has 0 fully saturated rings. The van der Waals surface area contributed by atoms with Crippen molar-refractivity contribution < 1.29 is 9.47 Å². The molecule has 0 bridgehead atoms. The molecule has 0 saturated heterocycles. The van der Waals surface area contributed by atoms with Gasteiger partial charge in [-0.2, -0.15) is 5.26 Å². The first-order chi connectivity index (χ1) is 11.2. The topological polar surface area (TPSA) is 42.2 Å². The summed E-state index contributed by atoms with van der Waals surface area (Å²) in [5.41, 5.74) is 3.29. The fourth-order valence-corrected chi connectivity index (χ4v) is 2.65. The lowest BCUT2D eigenvalue weighted by molar-refractivity contribution is 0.301. The number of nitrogens with zero attached hydrogens (tertiary/aromatic N) is 1. The van der Waals surface area contributed by atoms with E-state index in [0.717, 1.165) is 41.0 Å². The Morgan fingerprint density at radius 1 is 1.09 bits per heavy atom. The van der Waals surface area contributed by atoms with Gasteiger partial charge in [-0.05, 0) is 55.5 Å². The van der Waals surface area contributed by atoms with Crippen molar-refractivity contribution >= 4 is 0 Å². The number of methoxy groups -OCH3 is 1. The fraction of sp³-hybridized carbons (Fsp3) is 0.350. The third-order valence-corrected chi connectivity index (χ3v) is 3.94. The number of aryl methyl sites for hydroxylation is 2. The molecule has 1 unspecified atom stereocenters. The van der Waals surface area contributed by atoms with Gasteiger partial charge in [0, 0.05) is 0 Å². The van der Waals surface area contributed by atoms with E-state index in [2.05, 4.69) is 32.0 Å². The van der Waals surface area contributed by atoms with Crippen LogP contribution in [0, 0.1) is 25.2 Å². The molecule has 3 heteroatoms. The third kappa shape index (κ3) is 4.50. The minimum Gasteiger partial charge on any atom is -0.497 e. The normalized spacial score (nSPS) is 11.6. The molecule has 0 aliphatic heterocycles. The predicted octanol–water partition coefficient (Wildman–Crippen LogP) is 4.78. The number of hydrogen-bond acceptors (Lipinski definition) is 3. The first-order valence-electron chi connectivity index (χ1n) is 7.88. The van der Waals surface area contributed by atoms with E-state index >= 15 is 0 Å². The quantitative estimate of drug-likeness (QED) is 0.691. The van der Waals surface area contributed by atoms with Gasteiger partial charge in [0.1, 0.15) is 11.5 Å². The van der Waals surface area contributed by atoms with Crippen molar-refractivity contribution in [1.29, 1.82) is 5.26 Å². The van der Waals surface area contributed by atoms with Crippen molar-refractivity contribution in [3.8, 4) is 17.6 Å². The van der Waals surface area contributed by atoms with E-state index in [1.165, 1.54) is 0 Å². The van der Waals surface area contributed by atoms with Crippen LogP contribution in [0.25, 0.3) is 0 Å². The smallest absolute Gasteiger partial charge is 0.125 e. The lowest BCUT2D eigenvalue weighted by Crippen LogP contribution is -2.04. The predicted molar refractivity (Wildman–Crippen MR) is 92.0 cm³/mol. The first-order valence-corrected chi connectivity index (χ1v) is 7.88. The SMILES string of the molecule is COc1cccc(C(C#N)CCCOc2c(C)cccc2C)c1. The highest BCUT2D eigenvalue weighted by molar-refractivity contribution is 5.39. The van der Waals surface area contributed by atoms with Gasteiger partial charge >= 0.3 is 0 Å². The van der Waals surface area contributed by atoms with E-state index in [0.29, 0.717) is 6.61 Å².